The summed E-state index contributed by atoms with van der Waals surface area (Å²) in [6, 6.07) is 5.06. The van der Waals surface area contributed by atoms with E-state index in [1.165, 1.54) is 0 Å². The first kappa shape index (κ1) is 12.7. The van der Waals surface area contributed by atoms with Crippen LogP contribution in [0.3, 0.4) is 0 Å². The van der Waals surface area contributed by atoms with Gasteiger partial charge in [-0.1, -0.05) is 0 Å². The molecule has 0 saturated carbocycles. The average molecular weight is 285 g/mol. The summed E-state index contributed by atoms with van der Waals surface area (Å²) in [7, 11) is -3.21. The van der Waals surface area contributed by atoms with E-state index in [4.69, 9.17) is 15.2 Å². The summed E-state index contributed by atoms with van der Waals surface area (Å²) in [6.45, 7) is 0.430. The number of ether oxygens (including phenoxy) is 2. The van der Waals surface area contributed by atoms with Gasteiger partial charge in [-0.25, -0.2) is 8.42 Å². The summed E-state index contributed by atoms with van der Waals surface area (Å²) >= 11 is 0. The van der Waals surface area contributed by atoms with Gasteiger partial charge in [0.1, 0.15) is 30.3 Å². The van der Waals surface area contributed by atoms with Crippen LogP contribution in [0, 0.1) is 0 Å². The summed E-state index contributed by atoms with van der Waals surface area (Å²) < 4.78 is 33.7. The Bertz CT molecular complexity index is 600. The van der Waals surface area contributed by atoms with Crippen molar-refractivity contribution in [3.8, 4) is 11.5 Å². The van der Waals surface area contributed by atoms with Gasteiger partial charge in [-0.15, -0.1) is 0 Å². The molecule has 1 aromatic carbocycles. The van der Waals surface area contributed by atoms with Crippen molar-refractivity contribution >= 4 is 9.84 Å². The molecule has 0 aromatic heterocycles. The molecule has 0 amide bonds. The molecule has 1 fully saturated rings. The molecule has 3 rings (SSSR count). The van der Waals surface area contributed by atoms with Crippen molar-refractivity contribution in [2.75, 3.05) is 18.1 Å². The molecule has 1 aromatic rings. The van der Waals surface area contributed by atoms with Crippen LogP contribution in [-0.2, 0) is 9.84 Å². The monoisotopic (exact) mass is 285 g/mol. The van der Waals surface area contributed by atoms with Gasteiger partial charge < -0.3 is 20.3 Å². The van der Waals surface area contributed by atoms with Gasteiger partial charge in [0.15, 0.2) is 9.84 Å². The van der Waals surface area contributed by atoms with E-state index < -0.39 is 22.0 Å². The molecular weight excluding hydrogens is 270 g/mol. The highest BCUT2D eigenvalue weighted by Crippen LogP contribution is 2.34. The SMILES string of the molecule is NC1COc2cc(OC3CS(=O)(=O)CC3O)ccc21. The molecular formula is C12H15NO5S. The van der Waals surface area contributed by atoms with Gasteiger partial charge >= 0.3 is 0 Å². The number of rotatable bonds is 2. The van der Waals surface area contributed by atoms with Gasteiger partial charge in [-0.3, -0.25) is 0 Å². The number of nitrogens with two attached hydrogens (primary N) is 1. The first-order valence-corrected chi connectivity index (χ1v) is 7.84. The maximum absolute atomic E-state index is 11.4. The zero-order valence-electron chi connectivity index (χ0n) is 10.2. The van der Waals surface area contributed by atoms with Crippen LogP contribution in [0.15, 0.2) is 18.2 Å². The molecule has 104 valence electrons. The highest BCUT2D eigenvalue weighted by molar-refractivity contribution is 7.91. The number of aliphatic hydroxyl groups is 1. The lowest BCUT2D eigenvalue weighted by molar-refractivity contribution is 0.0736. The molecule has 0 aliphatic carbocycles. The molecule has 0 spiro atoms. The lowest BCUT2D eigenvalue weighted by atomic mass is 10.1. The maximum Gasteiger partial charge on any atom is 0.156 e. The Morgan fingerprint density at radius 3 is 2.84 bits per heavy atom. The zero-order valence-corrected chi connectivity index (χ0v) is 11.0. The van der Waals surface area contributed by atoms with E-state index in [-0.39, 0.29) is 17.5 Å². The van der Waals surface area contributed by atoms with E-state index in [1.807, 2.05) is 0 Å². The second-order valence-corrected chi connectivity index (χ2v) is 7.07. The van der Waals surface area contributed by atoms with Crippen LogP contribution in [0.2, 0.25) is 0 Å². The third-order valence-electron chi connectivity index (χ3n) is 3.36. The van der Waals surface area contributed by atoms with Crippen LogP contribution in [0.4, 0.5) is 0 Å². The molecule has 3 atom stereocenters. The van der Waals surface area contributed by atoms with Crippen LogP contribution in [-0.4, -0.2) is 43.8 Å². The average Bonchev–Trinajstić information content (AvgIpc) is 2.80. The predicted molar refractivity (Wildman–Crippen MR) is 67.9 cm³/mol. The van der Waals surface area contributed by atoms with E-state index in [1.54, 1.807) is 18.2 Å². The van der Waals surface area contributed by atoms with Crippen LogP contribution in [0.5, 0.6) is 11.5 Å². The second-order valence-electron chi connectivity index (χ2n) is 4.92. The highest BCUT2D eigenvalue weighted by Gasteiger charge is 2.38. The smallest absolute Gasteiger partial charge is 0.156 e. The number of fused-ring (bicyclic) bond motifs is 1. The molecule has 2 heterocycles. The molecule has 1 saturated heterocycles. The molecule has 0 radical (unpaired) electrons. The van der Waals surface area contributed by atoms with Gasteiger partial charge in [-0.05, 0) is 12.1 Å². The lowest BCUT2D eigenvalue weighted by Crippen LogP contribution is -2.29. The minimum Gasteiger partial charge on any atom is -0.491 e. The summed E-state index contributed by atoms with van der Waals surface area (Å²) in [5.41, 5.74) is 6.74. The summed E-state index contributed by atoms with van der Waals surface area (Å²) in [5.74, 6) is 0.727. The third kappa shape index (κ3) is 2.41. The van der Waals surface area contributed by atoms with E-state index in [0.29, 0.717) is 18.1 Å². The van der Waals surface area contributed by atoms with Crippen molar-refractivity contribution < 1.29 is 23.0 Å². The minimum absolute atomic E-state index is 0.138. The molecule has 19 heavy (non-hydrogen) atoms. The molecule has 0 bridgehead atoms. The normalized spacial score (nSPS) is 31.8. The Labute approximate surface area is 111 Å². The Morgan fingerprint density at radius 2 is 2.16 bits per heavy atom. The summed E-state index contributed by atoms with van der Waals surface area (Å²) in [6.07, 6.45) is -1.71. The second kappa shape index (κ2) is 4.36. The number of hydrogen-bond acceptors (Lipinski definition) is 6. The van der Waals surface area contributed by atoms with Gasteiger partial charge in [0.25, 0.3) is 0 Å². The van der Waals surface area contributed by atoms with Crippen molar-refractivity contribution in [1.29, 1.82) is 0 Å². The third-order valence-corrected chi connectivity index (χ3v) is 5.05. The largest absolute Gasteiger partial charge is 0.491 e. The minimum atomic E-state index is -3.21. The maximum atomic E-state index is 11.4. The Morgan fingerprint density at radius 1 is 1.37 bits per heavy atom. The zero-order chi connectivity index (χ0) is 13.6. The van der Waals surface area contributed by atoms with Crippen molar-refractivity contribution in [3.63, 3.8) is 0 Å². The quantitative estimate of drug-likeness (QED) is 0.768. The number of hydrogen-bond donors (Lipinski definition) is 2. The van der Waals surface area contributed by atoms with Crippen molar-refractivity contribution in [3.05, 3.63) is 23.8 Å². The Hall–Kier alpha value is -1.31. The molecule has 7 heteroatoms. The predicted octanol–water partition coefficient (Wildman–Crippen LogP) is -0.384. The van der Waals surface area contributed by atoms with Crippen LogP contribution < -0.4 is 15.2 Å². The van der Waals surface area contributed by atoms with E-state index >= 15 is 0 Å². The van der Waals surface area contributed by atoms with E-state index in [0.717, 1.165) is 5.56 Å². The van der Waals surface area contributed by atoms with Crippen LogP contribution in [0.1, 0.15) is 11.6 Å². The van der Waals surface area contributed by atoms with Crippen molar-refractivity contribution in [2.45, 2.75) is 18.2 Å². The highest BCUT2D eigenvalue weighted by atomic mass is 32.2. The first-order chi connectivity index (χ1) is 8.94. The topological polar surface area (TPSA) is 98.9 Å². The van der Waals surface area contributed by atoms with Crippen molar-refractivity contribution in [1.82, 2.24) is 0 Å². The van der Waals surface area contributed by atoms with E-state index in [9.17, 15) is 13.5 Å². The number of sulfone groups is 1. The van der Waals surface area contributed by atoms with Crippen molar-refractivity contribution in [2.24, 2.45) is 5.73 Å². The van der Waals surface area contributed by atoms with Gasteiger partial charge in [0.2, 0.25) is 0 Å². The van der Waals surface area contributed by atoms with Gasteiger partial charge in [0.05, 0.1) is 17.5 Å². The fourth-order valence-corrected chi connectivity index (χ4v) is 4.03. The molecule has 3 unspecified atom stereocenters. The first-order valence-electron chi connectivity index (χ1n) is 6.02. The van der Waals surface area contributed by atoms with E-state index in [2.05, 4.69) is 0 Å². The summed E-state index contributed by atoms with van der Waals surface area (Å²) in [4.78, 5) is 0. The molecule has 3 N–H and O–H groups in total. The number of benzene rings is 1. The fraction of sp³-hybridized carbons (Fsp3) is 0.500. The standard InChI is InChI=1S/C12H15NO5S/c13-9-4-17-11-3-7(1-2-8(9)11)18-12-6-19(15,16)5-10(12)14/h1-3,9-10,12,14H,4-6,13H2. The Kier molecular flexibility index (Phi) is 2.92. The lowest BCUT2D eigenvalue weighted by Gasteiger charge is -2.16. The molecule has 2 aliphatic rings. The molecule has 2 aliphatic heterocycles. The summed E-state index contributed by atoms with van der Waals surface area (Å²) in [5, 5.41) is 9.67. The van der Waals surface area contributed by atoms with Gasteiger partial charge in [-0.2, -0.15) is 0 Å². The van der Waals surface area contributed by atoms with Crippen LogP contribution in [0.25, 0.3) is 0 Å². The van der Waals surface area contributed by atoms with Crippen LogP contribution >= 0.6 is 0 Å². The number of aliphatic hydroxyl groups excluding tert-OH is 1. The Balaban J connectivity index is 1.78. The van der Waals surface area contributed by atoms with Gasteiger partial charge in [0, 0.05) is 11.6 Å². The fourth-order valence-electron chi connectivity index (χ4n) is 2.37. The molecule has 6 nitrogen and oxygen atoms in total.